The van der Waals surface area contributed by atoms with Crippen LogP contribution in [0.1, 0.15) is 24.2 Å². The second-order valence-corrected chi connectivity index (χ2v) is 4.09. The SMILES string of the molecule is CC(C)C(=O)c1cccc(-c2cn[nH]c2)c1. The molecule has 0 bridgehead atoms. The number of benzene rings is 1. The van der Waals surface area contributed by atoms with Gasteiger partial charge in [0, 0.05) is 23.2 Å². The lowest BCUT2D eigenvalue weighted by Gasteiger charge is -2.05. The molecule has 0 saturated carbocycles. The molecule has 3 heteroatoms. The van der Waals surface area contributed by atoms with Crippen LogP contribution in [0.5, 0.6) is 0 Å². The molecule has 2 rings (SSSR count). The number of hydrogen-bond donors (Lipinski definition) is 1. The van der Waals surface area contributed by atoms with Gasteiger partial charge in [0.25, 0.3) is 0 Å². The highest BCUT2D eigenvalue weighted by Crippen LogP contribution is 2.20. The quantitative estimate of drug-likeness (QED) is 0.798. The monoisotopic (exact) mass is 214 g/mol. The van der Waals surface area contributed by atoms with E-state index in [1.54, 1.807) is 6.20 Å². The van der Waals surface area contributed by atoms with E-state index in [0.29, 0.717) is 0 Å². The van der Waals surface area contributed by atoms with Gasteiger partial charge in [0.15, 0.2) is 5.78 Å². The van der Waals surface area contributed by atoms with Gasteiger partial charge in [-0.3, -0.25) is 9.89 Å². The predicted molar refractivity (Wildman–Crippen MR) is 63.2 cm³/mol. The van der Waals surface area contributed by atoms with Crippen molar-refractivity contribution in [3.05, 3.63) is 42.2 Å². The van der Waals surface area contributed by atoms with Crippen LogP contribution in [0.2, 0.25) is 0 Å². The summed E-state index contributed by atoms with van der Waals surface area (Å²) >= 11 is 0. The molecule has 82 valence electrons. The first kappa shape index (κ1) is 10.6. The standard InChI is InChI=1S/C13H14N2O/c1-9(2)13(16)11-5-3-4-10(6-11)12-7-14-15-8-12/h3-9H,1-2H3,(H,14,15). The highest BCUT2D eigenvalue weighted by molar-refractivity contribution is 5.98. The van der Waals surface area contributed by atoms with Gasteiger partial charge in [-0.15, -0.1) is 0 Å². The number of ketones is 1. The molecule has 0 aliphatic heterocycles. The van der Waals surface area contributed by atoms with Crippen molar-refractivity contribution >= 4 is 5.78 Å². The van der Waals surface area contributed by atoms with Crippen LogP contribution in [0.3, 0.4) is 0 Å². The predicted octanol–water partition coefficient (Wildman–Crippen LogP) is 2.92. The summed E-state index contributed by atoms with van der Waals surface area (Å²) in [6, 6.07) is 7.64. The summed E-state index contributed by atoms with van der Waals surface area (Å²) in [5.74, 6) is 0.199. The fraction of sp³-hybridized carbons (Fsp3) is 0.231. The Hall–Kier alpha value is -1.90. The summed E-state index contributed by atoms with van der Waals surface area (Å²) in [4.78, 5) is 11.8. The maximum atomic E-state index is 11.8. The Kier molecular flexibility index (Phi) is 2.86. The summed E-state index contributed by atoms with van der Waals surface area (Å²) in [5, 5.41) is 6.66. The molecule has 2 aromatic rings. The van der Waals surface area contributed by atoms with Crippen LogP contribution in [0.15, 0.2) is 36.7 Å². The zero-order valence-electron chi connectivity index (χ0n) is 9.40. The Balaban J connectivity index is 2.37. The van der Waals surface area contributed by atoms with Crippen LogP contribution in [0.25, 0.3) is 11.1 Å². The number of nitrogens with zero attached hydrogens (tertiary/aromatic N) is 1. The van der Waals surface area contributed by atoms with Gasteiger partial charge in [-0.05, 0) is 11.6 Å². The number of rotatable bonds is 3. The average molecular weight is 214 g/mol. The van der Waals surface area contributed by atoms with Crippen molar-refractivity contribution in [2.45, 2.75) is 13.8 Å². The summed E-state index contributed by atoms with van der Waals surface area (Å²) in [6.07, 6.45) is 3.57. The fourth-order valence-corrected chi connectivity index (χ4v) is 1.59. The highest BCUT2D eigenvalue weighted by atomic mass is 16.1. The molecule has 0 spiro atoms. The first-order valence-electron chi connectivity index (χ1n) is 5.32. The molecule has 1 aromatic carbocycles. The number of carbonyl (C=O) groups is 1. The maximum absolute atomic E-state index is 11.8. The minimum Gasteiger partial charge on any atom is -0.294 e. The van der Waals surface area contributed by atoms with Crippen LogP contribution in [0.4, 0.5) is 0 Å². The molecule has 0 saturated heterocycles. The Bertz CT molecular complexity index is 486. The molecule has 1 N–H and O–H groups in total. The Morgan fingerprint density at radius 1 is 1.31 bits per heavy atom. The molecule has 1 heterocycles. The zero-order valence-corrected chi connectivity index (χ0v) is 9.40. The van der Waals surface area contributed by atoms with Crippen LogP contribution >= 0.6 is 0 Å². The number of aromatic nitrogens is 2. The normalized spacial score (nSPS) is 10.7. The van der Waals surface area contributed by atoms with Crippen LogP contribution in [0, 0.1) is 5.92 Å². The third-order valence-corrected chi connectivity index (χ3v) is 2.50. The average Bonchev–Trinajstić information content (AvgIpc) is 2.81. The van der Waals surface area contributed by atoms with Gasteiger partial charge in [0.2, 0.25) is 0 Å². The summed E-state index contributed by atoms with van der Waals surface area (Å²) in [5.41, 5.74) is 2.77. The summed E-state index contributed by atoms with van der Waals surface area (Å²) in [7, 11) is 0. The first-order chi connectivity index (χ1) is 7.68. The summed E-state index contributed by atoms with van der Waals surface area (Å²) in [6.45, 7) is 3.82. The van der Waals surface area contributed by atoms with Crippen molar-refractivity contribution in [3.8, 4) is 11.1 Å². The van der Waals surface area contributed by atoms with Crippen molar-refractivity contribution in [1.82, 2.24) is 10.2 Å². The van der Waals surface area contributed by atoms with Crippen LogP contribution in [-0.2, 0) is 0 Å². The van der Waals surface area contributed by atoms with Gasteiger partial charge in [-0.1, -0.05) is 32.0 Å². The molecule has 0 aliphatic carbocycles. The second kappa shape index (κ2) is 4.31. The molecule has 0 radical (unpaired) electrons. The van der Waals surface area contributed by atoms with Crippen molar-refractivity contribution in [3.63, 3.8) is 0 Å². The van der Waals surface area contributed by atoms with Gasteiger partial charge in [-0.25, -0.2) is 0 Å². The van der Waals surface area contributed by atoms with Gasteiger partial charge in [0.05, 0.1) is 6.20 Å². The molecule has 16 heavy (non-hydrogen) atoms. The van der Waals surface area contributed by atoms with Crippen LogP contribution in [-0.4, -0.2) is 16.0 Å². The van der Waals surface area contributed by atoms with Crippen molar-refractivity contribution in [2.75, 3.05) is 0 Å². The van der Waals surface area contributed by atoms with E-state index in [2.05, 4.69) is 10.2 Å². The van der Waals surface area contributed by atoms with E-state index in [0.717, 1.165) is 16.7 Å². The van der Waals surface area contributed by atoms with Crippen molar-refractivity contribution in [2.24, 2.45) is 5.92 Å². The van der Waals surface area contributed by atoms with Gasteiger partial charge in [-0.2, -0.15) is 5.10 Å². The lowest BCUT2D eigenvalue weighted by atomic mass is 9.98. The molecular formula is C13H14N2O. The van der Waals surface area contributed by atoms with E-state index in [4.69, 9.17) is 0 Å². The number of Topliss-reactive ketones (excluding diaryl/α,β-unsaturated/α-hetero) is 1. The van der Waals surface area contributed by atoms with E-state index in [9.17, 15) is 4.79 Å². The van der Waals surface area contributed by atoms with Crippen molar-refractivity contribution < 1.29 is 4.79 Å². The molecule has 0 atom stereocenters. The largest absolute Gasteiger partial charge is 0.294 e. The minimum absolute atomic E-state index is 0.0274. The van der Waals surface area contributed by atoms with Gasteiger partial charge in [0.1, 0.15) is 0 Å². The molecule has 3 nitrogen and oxygen atoms in total. The number of H-pyrrole nitrogens is 1. The maximum Gasteiger partial charge on any atom is 0.165 e. The Morgan fingerprint density at radius 3 is 2.75 bits per heavy atom. The van der Waals surface area contributed by atoms with Gasteiger partial charge >= 0.3 is 0 Å². The lowest BCUT2D eigenvalue weighted by molar-refractivity contribution is 0.0939. The first-order valence-corrected chi connectivity index (χ1v) is 5.32. The number of carbonyl (C=O) groups excluding carboxylic acids is 1. The fourth-order valence-electron chi connectivity index (χ4n) is 1.59. The molecule has 0 unspecified atom stereocenters. The molecule has 0 amide bonds. The topological polar surface area (TPSA) is 45.8 Å². The number of nitrogens with one attached hydrogen (secondary N) is 1. The molecule has 0 aliphatic rings. The molecular weight excluding hydrogens is 200 g/mol. The lowest BCUT2D eigenvalue weighted by Crippen LogP contribution is -2.07. The Morgan fingerprint density at radius 2 is 2.12 bits per heavy atom. The Labute approximate surface area is 94.5 Å². The molecule has 1 aromatic heterocycles. The smallest absolute Gasteiger partial charge is 0.165 e. The van der Waals surface area contributed by atoms with E-state index in [1.165, 1.54) is 0 Å². The van der Waals surface area contributed by atoms with Gasteiger partial charge < -0.3 is 0 Å². The van der Waals surface area contributed by atoms with Crippen LogP contribution < -0.4 is 0 Å². The minimum atomic E-state index is 0.0274. The van der Waals surface area contributed by atoms with E-state index in [1.807, 2.05) is 44.3 Å². The van der Waals surface area contributed by atoms with E-state index in [-0.39, 0.29) is 11.7 Å². The molecule has 0 fully saturated rings. The summed E-state index contributed by atoms with van der Waals surface area (Å²) < 4.78 is 0. The number of aromatic amines is 1. The third kappa shape index (κ3) is 2.03. The van der Waals surface area contributed by atoms with E-state index >= 15 is 0 Å². The third-order valence-electron chi connectivity index (χ3n) is 2.50. The zero-order chi connectivity index (χ0) is 11.5. The second-order valence-electron chi connectivity index (χ2n) is 4.09. The highest BCUT2D eigenvalue weighted by Gasteiger charge is 2.11. The number of hydrogen-bond acceptors (Lipinski definition) is 2. The van der Waals surface area contributed by atoms with E-state index < -0.39 is 0 Å². The van der Waals surface area contributed by atoms with Crippen molar-refractivity contribution in [1.29, 1.82) is 0 Å².